The molecule has 0 fully saturated rings. The summed E-state index contributed by atoms with van der Waals surface area (Å²) >= 11 is -0.380. The zero-order valence-corrected chi connectivity index (χ0v) is 5.02. The first-order chi connectivity index (χ1) is 4.25. The Hall–Kier alpha value is -0.840. The first-order valence-electron chi connectivity index (χ1n) is 2.10. The van der Waals surface area contributed by atoms with Crippen LogP contribution in [-0.2, 0) is 9.59 Å². The fourth-order valence-electron chi connectivity index (χ4n) is 0.455. The van der Waals surface area contributed by atoms with Gasteiger partial charge >= 0.3 is 0 Å². The number of halogens is 1. The van der Waals surface area contributed by atoms with E-state index < -0.39 is 11.8 Å². The van der Waals surface area contributed by atoms with Crippen molar-refractivity contribution in [1.29, 1.82) is 0 Å². The second-order valence-electron chi connectivity index (χ2n) is 1.37. The third-order valence-corrected chi connectivity index (χ3v) is 1.34. The molecule has 0 N–H and O–H groups in total. The Balaban J connectivity index is 2.75. The van der Waals surface area contributed by atoms with Crippen LogP contribution in [0.4, 0.5) is 3.89 Å². The summed E-state index contributed by atoms with van der Waals surface area (Å²) in [5.41, 5.74) is 0. The van der Waals surface area contributed by atoms with Crippen molar-refractivity contribution in [1.82, 2.24) is 4.31 Å². The number of hydrogen-bond acceptors (Lipinski definition) is 3. The maximum atomic E-state index is 11.6. The number of nitrogens with zero attached hydrogens (tertiary/aromatic N) is 1. The molecule has 0 aromatic carbocycles. The van der Waals surface area contributed by atoms with Gasteiger partial charge in [0.15, 0.2) is 12.3 Å². The van der Waals surface area contributed by atoms with E-state index in [1.807, 2.05) is 0 Å². The lowest BCUT2D eigenvalue weighted by molar-refractivity contribution is -0.130. The van der Waals surface area contributed by atoms with Crippen molar-refractivity contribution in [3.05, 3.63) is 12.2 Å². The van der Waals surface area contributed by atoms with Gasteiger partial charge in [0, 0.05) is 12.2 Å². The van der Waals surface area contributed by atoms with Crippen LogP contribution in [0.5, 0.6) is 0 Å². The fraction of sp³-hybridized carbons (Fsp3) is 0. The second kappa shape index (κ2) is 2.18. The van der Waals surface area contributed by atoms with Gasteiger partial charge < -0.3 is 0 Å². The molecule has 1 heterocycles. The molecule has 5 heteroatoms. The van der Waals surface area contributed by atoms with Gasteiger partial charge in [-0.3, -0.25) is 9.59 Å². The fourth-order valence-corrected chi connectivity index (χ4v) is 0.712. The Morgan fingerprint density at radius 2 is 1.78 bits per heavy atom. The van der Waals surface area contributed by atoms with Gasteiger partial charge in [-0.05, 0) is 0 Å². The molecular formula is C4H2FNO2S. The molecule has 0 bridgehead atoms. The highest BCUT2D eigenvalue weighted by Gasteiger charge is 2.24. The van der Waals surface area contributed by atoms with Crippen molar-refractivity contribution in [2.24, 2.45) is 0 Å². The van der Waals surface area contributed by atoms with E-state index in [0.29, 0.717) is 4.31 Å². The number of rotatable bonds is 1. The molecule has 0 aliphatic carbocycles. The molecule has 0 saturated heterocycles. The molecular weight excluding hydrogens is 145 g/mol. The topological polar surface area (TPSA) is 37.4 Å². The Bertz CT molecular complexity index is 173. The summed E-state index contributed by atoms with van der Waals surface area (Å²) in [6.45, 7) is 0. The van der Waals surface area contributed by atoms with E-state index in [4.69, 9.17) is 0 Å². The van der Waals surface area contributed by atoms with Crippen LogP contribution >= 0.6 is 12.3 Å². The number of amides is 2. The van der Waals surface area contributed by atoms with Gasteiger partial charge in [-0.2, -0.15) is 4.31 Å². The minimum absolute atomic E-state index is 0.380. The molecule has 1 rings (SSSR count). The first-order valence-corrected chi connectivity index (χ1v) is 2.78. The lowest BCUT2D eigenvalue weighted by Gasteiger charge is -2.02. The normalized spacial score (nSPS) is 17.7. The monoisotopic (exact) mass is 147 g/mol. The summed E-state index contributed by atoms with van der Waals surface area (Å²) in [6.07, 6.45) is 2.05. The molecule has 0 unspecified atom stereocenters. The van der Waals surface area contributed by atoms with Crippen molar-refractivity contribution in [2.75, 3.05) is 0 Å². The van der Waals surface area contributed by atoms with E-state index in [1.54, 1.807) is 0 Å². The molecule has 0 atom stereocenters. The Morgan fingerprint density at radius 1 is 1.33 bits per heavy atom. The molecule has 0 radical (unpaired) electrons. The molecule has 3 nitrogen and oxygen atoms in total. The van der Waals surface area contributed by atoms with Crippen LogP contribution in [0.2, 0.25) is 0 Å². The van der Waals surface area contributed by atoms with Gasteiger partial charge in [-0.1, -0.05) is 0 Å². The van der Waals surface area contributed by atoms with Crippen molar-refractivity contribution in [3.63, 3.8) is 0 Å². The van der Waals surface area contributed by atoms with Gasteiger partial charge in [-0.25, -0.2) is 0 Å². The van der Waals surface area contributed by atoms with Gasteiger partial charge in [0.1, 0.15) is 0 Å². The van der Waals surface area contributed by atoms with Crippen LogP contribution in [0.3, 0.4) is 0 Å². The summed E-state index contributed by atoms with van der Waals surface area (Å²) in [7, 11) is 0. The number of hydrogen-bond donors (Lipinski definition) is 0. The number of carbonyl (C=O) groups is 2. The highest BCUT2D eigenvalue weighted by atomic mass is 32.2. The van der Waals surface area contributed by atoms with Crippen LogP contribution in [0.25, 0.3) is 0 Å². The standard InChI is InChI=1S/C4H2FNO2S/c5-9-6-3(7)1-2-4(6)8/h1-2H. The number of carbonyl (C=O) groups excluding carboxylic acids is 2. The zero-order valence-electron chi connectivity index (χ0n) is 4.20. The van der Waals surface area contributed by atoms with Gasteiger partial charge in [0.25, 0.3) is 11.8 Å². The highest BCUT2D eigenvalue weighted by Crippen LogP contribution is 2.16. The van der Waals surface area contributed by atoms with E-state index in [2.05, 4.69) is 0 Å². The van der Waals surface area contributed by atoms with Gasteiger partial charge in [-0.15, -0.1) is 3.89 Å². The third-order valence-electron chi connectivity index (χ3n) is 0.838. The summed E-state index contributed by atoms with van der Waals surface area (Å²) < 4.78 is 12.0. The van der Waals surface area contributed by atoms with E-state index >= 15 is 0 Å². The Labute approximate surface area is 54.9 Å². The van der Waals surface area contributed by atoms with Gasteiger partial charge in [0.2, 0.25) is 0 Å². The molecule has 0 saturated carbocycles. The van der Waals surface area contributed by atoms with Crippen LogP contribution in [0.1, 0.15) is 0 Å². The van der Waals surface area contributed by atoms with Crippen LogP contribution in [-0.4, -0.2) is 16.1 Å². The second-order valence-corrected chi connectivity index (χ2v) is 1.88. The quantitative estimate of drug-likeness (QED) is 0.399. The lowest BCUT2D eigenvalue weighted by atomic mass is 10.6. The third kappa shape index (κ3) is 0.951. The van der Waals surface area contributed by atoms with E-state index in [-0.39, 0.29) is 12.3 Å². The number of imide groups is 1. The Kier molecular flexibility index (Phi) is 1.52. The van der Waals surface area contributed by atoms with Crippen molar-refractivity contribution >= 4 is 24.1 Å². The highest BCUT2D eigenvalue weighted by molar-refractivity contribution is 7.93. The van der Waals surface area contributed by atoms with E-state index in [0.717, 1.165) is 12.2 Å². The minimum Gasteiger partial charge on any atom is -0.268 e. The molecule has 0 spiro atoms. The summed E-state index contributed by atoms with van der Waals surface area (Å²) in [6, 6.07) is 0. The van der Waals surface area contributed by atoms with Crippen LogP contribution in [0.15, 0.2) is 12.2 Å². The molecule has 48 valence electrons. The van der Waals surface area contributed by atoms with E-state index in [1.165, 1.54) is 0 Å². The maximum absolute atomic E-state index is 11.6. The first kappa shape index (κ1) is 6.28. The molecule has 0 aromatic rings. The zero-order chi connectivity index (χ0) is 6.85. The molecule has 0 aromatic heterocycles. The van der Waals surface area contributed by atoms with Crippen LogP contribution < -0.4 is 0 Å². The predicted molar refractivity (Wildman–Crippen MR) is 29.7 cm³/mol. The Morgan fingerprint density at radius 3 is 2.00 bits per heavy atom. The summed E-state index contributed by atoms with van der Waals surface area (Å²) in [4.78, 5) is 20.7. The minimum atomic E-state index is -0.618. The van der Waals surface area contributed by atoms with Gasteiger partial charge in [0.05, 0.1) is 0 Å². The van der Waals surface area contributed by atoms with Crippen molar-refractivity contribution in [3.8, 4) is 0 Å². The smallest absolute Gasteiger partial charge is 0.265 e. The average molecular weight is 147 g/mol. The predicted octanol–water partition coefficient (Wildman–Crippen LogP) is 0.444. The molecule has 1 aliphatic heterocycles. The molecule has 2 amide bonds. The molecule has 9 heavy (non-hydrogen) atoms. The van der Waals surface area contributed by atoms with E-state index in [9.17, 15) is 13.5 Å². The largest absolute Gasteiger partial charge is 0.268 e. The van der Waals surface area contributed by atoms with Crippen molar-refractivity contribution < 1.29 is 13.5 Å². The average Bonchev–Trinajstić information content (AvgIpc) is 2.12. The molecule has 1 aliphatic rings. The van der Waals surface area contributed by atoms with Crippen molar-refractivity contribution in [2.45, 2.75) is 0 Å². The summed E-state index contributed by atoms with van der Waals surface area (Å²) in [5.74, 6) is -1.24. The maximum Gasteiger partial charge on any atom is 0.265 e. The summed E-state index contributed by atoms with van der Waals surface area (Å²) in [5, 5.41) is 0. The lowest BCUT2D eigenvalue weighted by Crippen LogP contribution is -2.20. The SMILES string of the molecule is O=C1C=CC(=O)N1SF. The van der Waals surface area contributed by atoms with Crippen LogP contribution in [0, 0.1) is 0 Å².